The van der Waals surface area contributed by atoms with Crippen molar-refractivity contribution in [2.45, 2.75) is 38.3 Å². The third-order valence-electron chi connectivity index (χ3n) is 7.68. The average Bonchev–Trinajstić information content (AvgIpc) is 3.43. The van der Waals surface area contributed by atoms with Crippen LogP contribution in [0.25, 0.3) is 28.0 Å². The van der Waals surface area contributed by atoms with Crippen molar-refractivity contribution in [3.8, 4) is 22.4 Å². The van der Waals surface area contributed by atoms with E-state index in [0.717, 1.165) is 59.8 Å². The molecule has 37 heavy (non-hydrogen) atoms. The Bertz CT molecular complexity index is 1470. The standard InChI is InChI=1S/C28H28Cl2N6O/c1-18(2)35-17-32-27(37)28(35)12-15-34(16-13-28)23-11-14-31-26-24(19-7-9-20(29)10-8-19)25(33-36(23)26)21-5-3-4-6-22(21)30/h3-11,14,18H,12-13,15-17H2,1-2H3,(H,32,37). The van der Waals surface area contributed by atoms with Gasteiger partial charge in [-0.15, -0.1) is 0 Å². The van der Waals surface area contributed by atoms with Crippen LogP contribution in [0.2, 0.25) is 10.0 Å². The lowest BCUT2D eigenvalue weighted by molar-refractivity contribution is -0.128. The van der Waals surface area contributed by atoms with Crippen LogP contribution in [-0.4, -0.2) is 56.7 Å². The van der Waals surface area contributed by atoms with E-state index < -0.39 is 5.54 Å². The fourth-order valence-corrected chi connectivity index (χ4v) is 6.15. The van der Waals surface area contributed by atoms with Gasteiger partial charge in [0, 0.05) is 35.9 Å². The van der Waals surface area contributed by atoms with Crippen LogP contribution in [-0.2, 0) is 4.79 Å². The lowest BCUT2D eigenvalue weighted by Gasteiger charge is -2.44. The monoisotopic (exact) mass is 534 g/mol. The molecular weight excluding hydrogens is 507 g/mol. The maximum atomic E-state index is 12.9. The fourth-order valence-electron chi connectivity index (χ4n) is 5.80. The molecule has 1 spiro atoms. The van der Waals surface area contributed by atoms with E-state index in [1.54, 1.807) is 0 Å². The van der Waals surface area contributed by atoms with E-state index in [1.165, 1.54) is 0 Å². The summed E-state index contributed by atoms with van der Waals surface area (Å²) in [5, 5.41) is 9.44. The van der Waals surface area contributed by atoms with Crippen molar-refractivity contribution < 1.29 is 4.79 Å². The third kappa shape index (κ3) is 3.97. The zero-order valence-corrected chi connectivity index (χ0v) is 22.3. The predicted octanol–water partition coefficient (Wildman–Crippen LogP) is 5.51. The molecule has 2 aliphatic rings. The molecule has 7 nitrogen and oxygen atoms in total. The predicted molar refractivity (Wildman–Crippen MR) is 148 cm³/mol. The summed E-state index contributed by atoms with van der Waals surface area (Å²) >= 11 is 12.8. The topological polar surface area (TPSA) is 65.8 Å². The molecule has 0 radical (unpaired) electrons. The van der Waals surface area contributed by atoms with Gasteiger partial charge in [-0.1, -0.05) is 53.5 Å². The molecule has 1 amide bonds. The highest BCUT2D eigenvalue weighted by atomic mass is 35.5. The van der Waals surface area contributed by atoms with Crippen LogP contribution in [0.15, 0.2) is 60.8 Å². The number of piperidine rings is 1. The summed E-state index contributed by atoms with van der Waals surface area (Å²) in [5.74, 6) is 1.09. The maximum Gasteiger partial charge on any atom is 0.241 e. The van der Waals surface area contributed by atoms with Crippen LogP contribution >= 0.6 is 23.2 Å². The van der Waals surface area contributed by atoms with Gasteiger partial charge in [0.15, 0.2) is 5.65 Å². The molecule has 0 aliphatic carbocycles. The highest BCUT2D eigenvalue weighted by Crippen LogP contribution is 2.40. The zero-order chi connectivity index (χ0) is 25.7. The SMILES string of the molecule is CC(C)N1CNC(=O)C12CCN(c1ccnc3c(-c4ccc(Cl)cc4)c(-c4ccccc4Cl)nn13)CC2. The first kappa shape index (κ1) is 24.2. The van der Waals surface area contributed by atoms with Gasteiger partial charge in [0.05, 0.1) is 17.3 Å². The Hall–Kier alpha value is -3.13. The molecular formula is C28H28Cl2N6O. The molecule has 2 aromatic carbocycles. The number of carbonyl (C=O) groups excluding carboxylic acids is 1. The van der Waals surface area contributed by atoms with E-state index in [-0.39, 0.29) is 5.91 Å². The Kier molecular flexibility index (Phi) is 6.10. The molecule has 4 heterocycles. The summed E-state index contributed by atoms with van der Waals surface area (Å²) in [6, 6.07) is 17.7. The number of benzene rings is 2. The first-order chi connectivity index (χ1) is 17.9. The Morgan fingerprint density at radius 1 is 1.00 bits per heavy atom. The molecule has 0 unspecified atom stereocenters. The number of hydrogen-bond donors (Lipinski definition) is 1. The maximum absolute atomic E-state index is 12.9. The van der Waals surface area contributed by atoms with Crippen molar-refractivity contribution in [1.29, 1.82) is 0 Å². The molecule has 6 rings (SSSR count). The number of carbonyl (C=O) groups is 1. The third-order valence-corrected chi connectivity index (χ3v) is 8.26. The van der Waals surface area contributed by atoms with E-state index in [2.05, 4.69) is 29.0 Å². The summed E-state index contributed by atoms with van der Waals surface area (Å²) < 4.78 is 1.91. The largest absolute Gasteiger partial charge is 0.356 e. The molecule has 2 aliphatic heterocycles. The van der Waals surface area contributed by atoms with Gasteiger partial charge in [-0.3, -0.25) is 9.69 Å². The Labute approximate surface area is 226 Å². The van der Waals surface area contributed by atoms with E-state index in [0.29, 0.717) is 22.8 Å². The van der Waals surface area contributed by atoms with Gasteiger partial charge in [0.25, 0.3) is 0 Å². The second-order valence-corrected chi connectivity index (χ2v) is 10.8. The van der Waals surface area contributed by atoms with E-state index in [4.69, 9.17) is 33.3 Å². The van der Waals surface area contributed by atoms with Gasteiger partial charge < -0.3 is 10.2 Å². The first-order valence-corrected chi connectivity index (χ1v) is 13.3. The summed E-state index contributed by atoms with van der Waals surface area (Å²) in [6.07, 6.45) is 3.34. The second-order valence-electron chi connectivity index (χ2n) is 9.99. The van der Waals surface area contributed by atoms with Crippen LogP contribution in [0.5, 0.6) is 0 Å². The van der Waals surface area contributed by atoms with E-state index in [9.17, 15) is 4.79 Å². The van der Waals surface area contributed by atoms with Crippen molar-refractivity contribution in [1.82, 2.24) is 24.8 Å². The van der Waals surface area contributed by atoms with Crippen molar-refractivity contribution >= 4 is 40.6 Å². The van der Waals surface area contributed by atoms with Gasteiger partial charge in [-0.05, 0) is 56.5 Å². The lowest BCUT2D eigenvalue weighted by atomic mass is 9.85. The van der Waals surface area contributed by atoms with Crippen molar-refractivity contribution in [2.75, 3.05) is 24.7 Å². The lowest BCUT2D eigenvalue weighted by Crippen LogP contribution is -2.58. The first-order valence-electron chi connectivity index (χ1n) is 12.6. The normalized spacial score (nSPS) is 17.8. The van der Waals surface area contributed by atoms with Crippen LogP contribution in [0.4, 0.5) is 5.82 Å². The highest BCUT2D eigenvalue weighted by molar-refractivity contribution is 6.33. The number of aromatic nitrogens is 3. The van der Waals surface area contributed by atoms with Gasteiger partial charge in [0.2, 0.25) is 5.91 Å². The summed E-state index contributed by atoms with van der Waals surface area (Å²) in [5.41, 5.74) is 3.78. The van der Waals surface area contributed by atoms with Crippen molar-refractivity contribution in [2.24, 2.45) is 0 Å². The highest BCUT2D eigenvalue weighted by Gasteiger charge is 2.51. The van der Waals surface area contributed by atoms with Gasteiger partial charge in [-0.2, -0.15) is 9.61 Å². The smallest absolute Gasteiger partial charge is 0.241 e. The van der Waals surface area contributed by atoms with Crippen LogP contribution in [0.1, 0.15) is 26.7 Å². The van der Waals surface area contributed by atoms with Crippen LogP contribution < -0.4 is 10.2 Å². The molecule has 1 N–H and O–H groups in total. The molecule has 0 atom stereocenters. The minimum atomic E-state index is -0.446. The number of amides is 1. The molecule has 9 heteroatoms. The van der Waals surface area contributed by atoms with E-state index in [1.807, 2.05) is 65.3 Å². The number of nitrogens with zero attached hydrogens (tertiary/aromatic N) is 5. The Morgan fingerprint density at radius 3 is 2.43 bits per heavy atom. The number of halogens is 2. The number of fused-ring (bicyclic) bond motifs is 1. The number of nitrogens with one attached hydrogen (secondary N) is 1. The van der Waals surface area contributed by atoms with Crippen LogP contribution in [0.3, 0.4) is 0 Å². The number of hydrogen-bond acceptors (Lipinski definition) is 5. The molecule has 0 bridgehead atoms. The number of anilines is 1. The molecule has 190 valence electrons. The van der Waals surface area contributed by atoms with Crippen LogP contribution in [0, 0.1) is 0 Å². The average molecular weight is 535 g/mol. The molecule has 2 aromatic heterocycles. The molecule has 2 saturated heterocycles. The summed E-state index contributed by atoms with van der Waals surface area (Å²) in [6.45, 7) is 6.40. The molecule has 0 saturated carbocycles. The summed E-state index contributed by atoms with van der Waals surface area (Å²) in [7, 11) is 0. The summed E-state index contributed by atoms with van der Waals surface area (Å²) in [4.78, 5) is 22.3. The quantitative estimate of drug-likeness (QED) is 0.374. The Morgan fingerprint density at radius 2 is 1.73 bits per heavy atom. The Balaban J connectivity index is 1.44. The fraction of sp³-hybridized carbons (Fsp3) is 0.321. The molecule has 2 fully saturated rings. The molecule has 4 aromatic rings. The zero-order valence-electron chi connectivity index (χ0n) is 20.8. The minimum absolute atomic E-state index is 0.144. The van der Waals surface area contributed by atoms with Gasteiger partial charge >= 0.3 is 0 Å². The van der Waals surface area contributed by atoms with Gasteiger partial charge in [0.1, 0.15) is 17.1 Å². The second kappa shape index (κ2) is 9.31. The van der Waals surface area contributed by atoms with Gasteiger partial charge in [-0.25, -0.2) is 4.98 Å². The minimum Gasteiger partial charge on any atom is -0.356 e. The number of rotatable bonds is 4. The van der Waals surface area contributed by atoms with Crippen molar-refractivity contribution in [3.63, 3.8) is 0 Å². The van der Waals surface area contributed by atoms with E-state index >= 15 is 0 Å². The van der Waals surface area contributed by atoms with Crippen molar-refractivity contribution in [3.05, 3.63) is 70.8 Å².